The summed E-state index contributed by atoms with van der Waals surface area (Å²) in [5, 5.41) is 6.58. The van der Waals surface area contributed by atoms with Crippen LogP contribution in [-0.2, 0) is 16.2 Å². The number of benzene rings is 3. The molecule has 4 rings (SSSR count). The maximum absolute atomic E-state index is 13.1. The van der Waals surface area contributed by atoms with Gasteiger partial charge in [-0.15, -0.1) is 0 Å². The van der Waals surface area contributed by atoms with Crippen LogP contribution in [0.15, 0.2) is 66.2 Å². The molecule has 0 aromatic heterocycles. The highest BCUT2D eigenvalue weighted by Gasteiger charge is 2.26. The van der Waals surface area contributed by atoms with E-state index in [1.54, 1.807) is 18.2 Å². The van der Waals surface area contributed by atoms with E-state index in [0.717, 1.165) is 16.3 Å². The van der Waals surface area contributed by atoms with Gasteiger partial charge in [0, 0.05) is 5.56 Å². The van der Waals surface area contributed by atoms with Crippen molar-refractivity contribution in [3.8, 4) is 5.75 Å². The van der Waals surface area contributed by atoms with Gasteiger partial charge in [-0.2, -0.15) is 0 Å². The smallest absolute Gasteiger partial charge is 0.263 e. The van der Waals surface area contributed by atoms with Crippen molar-refractivity contribution in [3.05, 3.63) is 83.2 Å². The molecule has 0 aliphatic carbocycles. The summed E-state index contributed by atoms with van der Waals surface area (Å²) in [6.07, 6.45) is 1.49. The summed E-state index contributed by atoms with van der Waals surface area (Å²) in [5.74, 6) is -0.973. The van der Waals surface area contributed by atoms with Crippen LogP contribution >= 0.6 is 12.2 Å². The number of amides is 2. The van der Waals surface area contributed by atoms with E-state index in [0.29, 0.717) is 11.3 Å². The van der Waals surface area contributed by atoms with Gasteiger partial charge < -0.3 is 4.74 Å². The lowest BCUT2D eigenvalue weighted by Gasteiger charge is -2.18. The number of hydrogen-bond donors (Lipinski definition) is 2. The van der Waals surface area contributed by atoms with Crippen LogP contribution in [0.2, 0.25) is 0 Å². The van der Waals surface area contributed by atoms with E-state index in [4.69, 9.17) is 17.0 Å². The van der Waals surface area contributed by atoms with E-state index in [1.807, 2.05) is 30.3 Å². The normalized spacial score (nSPS) is 13.8. The van der Waals surface area contributed by atoms with Crippen LogP contribution in [0.3, 0.4) is 0 Å². The monoisotopic (exact) mass is 406 g/mol. The van der Waals surface area contributed by atoms with E-state index in [1.165, 1.54) is 18.2 Å². The van der Waals surface area contributed by atoms with Crippen LogP contribution < -0.4 is 15.4 Å². The molecule has 2 N–H and O–H groups in total. The number of halogens is 1. The number of carbonyl (C=O) groups is 2. The zero-order valence-corrected chi connectivity index (χ0v) is 15.9. The SMILES string of the molecule is O=C1NC(=S)NC(=O)C1=Cc1c(OCc2ccc(F)cc2)ccc2ccccc12. The highest BCUT2D eigenvalue weighted by molar-refractivity contribution is 7.80. The molecule has 5 nitrogen and oxygen atoms in total. The van der Waals surface area contributed by atoms with E-state index in [9.17, 15) is 14.0 Å². The maximum atomic E-state index is 13.1. The van der Waals surface area contributed by atoms with Crippen molar-refractivity contribution in [1.82, 2.24) is 10.6 Å². The lowest BCUT2D eigenvalue weighted by Crippen LogP contribution is -2.51. The summed E-state index contributed by atoms with van der Waals surface area (Å²) in [4.78, 5) is 24.5. The minimum absolute atomic E-state index is 0.0251. The van der Waals surface area contributed by atoms with Gasteiger partial charge in [-0.1, -0.05) is 42.5 Å². The van der Waals surface area contributed by atoms with Crippen molar-refractivity contribution in [2.75, 3.05) is 0 Å². The minimum Gasteiger partial charge on any atom is -0.488 e. The summed E-state index contributed by atoms with van der Waals surface area (Å²) < 4.78 is 19.1. The zero-order valence-electron chi connectivity index (χ0n) is 15.1. The van der Waals surface area contributed by atoms with Crippen LogP contribution in [0.1, 0.15) is 11.1 Å². The zero-order chi connectivity index (χ0) is 20.4. The molecule has 2 amide bonds. The van der Waals surface area contributed by atoms with Gasteiger partial charge >= 0.3 is 0 Å². The molecule has 29 heavy (non-hydrogen) atoms. The summed E-state index contributed by atoms with van der Waals surface area (Å²) in [7, 11) is 0. The average molecular weight is 406 g/mol. The van der Waals surface area contributed by atoms with Gasteiger partial charge in [0.2, 0.25) is 0 Å². The first-order chi connectivity index (χ1) is 14.0. The number of hydrogen-bond acceptors (Lipinski definition) is 4. The van der Waals surface area contributed by atoms with Crippen LogP contribution in [0.5, 0.6) is 5.75 Å². The van der Waals surface area contributed by atoms with Gasteiger partial charge in [0.1, 0.15) is 23.7 Å². The molecule has 0 radical (unpaired) electrons. The Hall–Kier alpha value is -3.58. The van der Waals surface area contributed by atoms with Gasteiger partial charge in [-0.25, -0.2) is 4.39 Å². The fraction of sp³-hybridized carbons (Fsp3) is 0.0455. The van der Waals surface area contributed by atoms with Crippen molar-refractivity contribution in [2.45, 2.75) is 6.61 Å². The van der Waals surface area contributed by atoms with Crippen molar-refractivity contribution in [2.24, 2.45) is 0 Å². The topological polar surface area (TPSA) is 67.4 Å². The third kappa shape index (κ3) is 4.00. The second-order valence-corrected chi connectivity index (χ2v) is 6.82. The standard InChI is InChI=1S/C22H15FN2O3S/c23-15-8-5-13(6-9-15)12-28-19-10-7-14-3-1-2-4-16(14)17(19)11-18-20(26)24-22(29)25-21(18)27/h1-11H,12H2,(H2,24,25,26,27,29). The molecule has 3 aromatic rings. The van der Waals surface area contributed by atoms with Gasteiger partial charge in [0.15, 0.2) is 5.11 Å². The van der Waals surface area contributed by atoms with Gasteiger partial charge in [-0.3, -0.25) is 20.2 Å². The van der Waals surface area contributed by atoms with Gasteiger partial charge in [0.25, 0.3) is 11.8 Å². The van der Waals surface area contributed by atoms with Crippen molar-refractivity contribution >= 4 is 46.0 Å². The average Bonchev–Trinajstić information content (AvgIpc) is 2.70. The fourth-order valence-corrected chi connectivity index (χ4v) is 3.23. The molecule has 144 valence electrons. The predicted molar refractivity (Wildman–Crippen MR) is 112 cm³/mol. The first-order valence-electron chi connectivity index (χ1n) is 8.78. The van der Waals surface area contributed by atoms with Crippen LogP contribution in [0.25, 0.3) is 16.8 Å². The molecule has 1 heterocycles. The Morgan fingerprint density at radius 1 is 0.931 bits per heavy atom. The Kier molecular flexibility index (Phi) is 5.05. The van der Waals surface area contributed by atoms with Crippen molar-refractivity contribution in [3.63, 3.8) is 0 Å². The molecule has 1 saturated heterocycles. The molecular formula is C22H15FN2O3S. The van der Waals surface area contributed by atoms with Gasteiger partial charge in [0.05, 0.1) is 0 Å². The Labute approximate surface area is 171 Å². The summed E-state index contributed by atoms with van der Waals surface area (Å²) >= 11 is 4.84. The quantitative estimate of drug-likeness (QED) is 0.396. The number of nitrogens with one attached hydrogen (secondary N) is 2. The van der Waals surface area contributed by atoms with E-state index in [2.05, 4.69) is 10.6 Å². The third-order valence-corrected chi connectivity index (χ3v) is 4.67. The predicted octanol–water partition coefficient (Wildman–Crippen LogP) is 3.47. The lowest BCUT2D eigenvalue weighted by molar-refractivity contribution is -0.123. The highest BCUT2D eigenvalue weighted by atomic mass is 32.1. The van der Waals surface area contributed by atoms with Crippen molar-refractivity contribution < 1.29 is 18.7 Å². The second kappa shape index (κ2) is 7.81. The Morgan fingerprint density at radius 3 is 2.34 bits per heavy atom. The Balaban J connectivity index is 1.76. The minimum atomic E-state index is -0.573. The first-order valence-corrected chi connectivity index (χ1v) is 9.19. The maximum Gasteiger partial charge on any atom is 0.263 e. The largest absolute Gasteiger partial charge is 0.488 e. The number of fused-ring (bicyclic) bond motifs is 1. The molecule has 1 aliphatic heterocycles. The van der Waals surface area contributed by atoms with E-state index < -0.39 is 11.8 Å². The molecule has 0 spiro atoms. The number of carbonyl (C=O) groups excluding carboxylic acids is 2. The van der Waals surface area contributed by atoms with Crippen LogP contribution in [-0.4, -0.2) is 16.9 Å². The summed E-state index contributed by atoms with van der Waals surface area (Å²) in [6.45, 7) is 0.206. The van der Waals surface area contributed by atoms with E-state index in [-0.39, 0.29) is 23.1 Å². The summed E-state index contributed by atoms with van der Waals surface area (Å²) in [5.41, 5.74) is 1.32. The molecular weight excluding hydrogens is 391 g/mol. The second-order valence-electron chi connectivity index (χ2n) is 6.41. The number of ether oxygens (including phenoxy) is 1. The number of thiocarbonyl (C=S) groups is 1. The Bertz CT molecular complexity index is 1150. The van der Waals surface area contributed by atoms with Gasteiger partial charge in [-0.05, 0) is 52.8 Å². The molecule has 0 bridgehead atoms. The Morgan fingerprint density at radius 2 is 1.62 bits per heavy atom. The third-order valence-electron chi connectivity index (χ3n) is 4.47. The lowest BCUT2D eigenvalue weighted by atomic mass is 10.00. The van der Waals surface area contributed by atoms with Crippen molar-refractivity contribution in [1.29, 1.82) is 0 Å². The van der Waals surface area contributed by atoms with Crippen LogP contribution in [0.4, 0.5) is 4.39 Å². The molecule has 0 saturated carbocycles. The summed E-state index contributed by atoms with van der Waals surface area (Å²) in [6, 6.07) is 17.3. The number of rotatable bonds is 4. The highest BCUT2D eigenvalue weighted by Crippen LogP contribution is 2.31. The van der Waals surface area contributed by atoms with Crippen LogP contribution in [0, 0.1) is 5.82 Å². The molecule has 1 fully saturated rings. The molecule has 0 unspecified atom stereocenters. The molecule has 1 aliphatic rings. The molecule has 7 heteroatoms. The molecule has 0 atom stereocenters. The molecule has 3 aromatic carbocycles. The fourth-order valence-electron chi connectivity index (χ4n) is 3.04. The first kappa shape index (κ1) is 18.8. The van der Waals surface area contributed by atoms with E-state index >= 15 is 0 Å².